The summed E-state index contributed by atoms with van der Waals surface area (Å²) in [5.74, 6) is -0.925. The Morgan fingerprint density at radius 1 is 1.12 bits per heavy atom. The number of hydrogen-bond donors (Lipinski definition) is 2. The van der Waals surface area contributed by atoms with Crippen molar-refractivity contribution in [2.45, 2.75) is 25.3 Å². The molecule has 0 aliphatic carbocycles. The summed E-state index contributed by atoms with van der Waals surface area (Å²) in [6.07, 6.45) is 4.96. The lowest BCUT2D eigenvalue weighted by atomic mass is 10.0. The third-order valence-electron chi connectivity index (χ3n) is 3.98. The number of aliphatic carboxylic acids is 1. The summed E-state index contributed by atoms with van der Waals surface area (Å²) in [4.78, 5) is 33.6. The van der Waals surface area contributed by atoms with Gasteiger partial charge in [0.25, 0.3) is 5.91 Å². The lowest BCUT2D eigenvalue weighted by Crippen LogP contribution is -2.48. The number of anilines is 2. The van der Waals surface area contributed by atoms with E-state index in [0.29, 0.717) is 24.5 Å². The van der Waals surface area contributed by atoms with Gasteiger partial charge in [-0.1, -0.05) is 18.2 Å². The minimum Gasteiger partial charge on any atom is -0.480 e. The van der Waals surface area contributed by atoms with Crippen molar-refractivity contribution >= 4 is 23.5 Å². The van der Waals surface area contributed by atoms with Crippen molar-refractivity contribution < 1.29 is 14.7 Å². The number of para-hydroxylation sites is 1. The molecule has 7 nitrogen and oxygen atoms in total. The van der Waals surface area contributed by atoms with Gasteiger partial charge in [-0.25, -0.2) is 14.8 Å². The van der Waals surface area contributed by atoms with Gasteiger partial charge in [0.05, 0.1) is 5.56 Å². The standard InChI is InChI=1S/C17H18N4O3/c22-15(21-9-5-4-8-14(21)16(23)24)12-10-18-17(19-11-12)20-13-6-2-1-3-7-13/h1-3,6-7,10-11,14H,4-5,8-9H2,(H,23,24)(H,18,19,20). The first-order valence-corrected chi connectivity index (χ1v) is 7.83. The Kier molecular flexibility index (Phi) is 4.69. The Hall–Kier alpha value is -2.96. The summed E-state index contributed by atoms with van der Waals surface area (Å²) in [5.41, 5.74) is 1.14. The highest BCUT2D eigenvalue weighted by Gasteiger charge is 2.32. The molecule has 3 rings (SSSR count). The van der Waals surface area contributed by atoms with Crippen LogP contribution in [0.2, 0.25) is 0 Å². The zero-order valence-corrected chi connectivity index (χ0v) is 13.1. The number of carbonyl (C=O) groups excluding carboxylic acids is 1. The molecule has 0 radical (unpaired) electrons. The van der Waals surface area contributed by atoms with Crippen LogP contribution < -0.4 is 5.32 Å². The molecule has 1 unspecified atom stereocenters. The van der Waals surface area contributed by atoms with Gasteiger partial charge in [0.15, 0.2) is 0 Å². The van der Waals surface area contributed by atoms with Crippen molar-refractivity contribution in [2.75, 3.05) is 11.9 Å². The van der Waals surface area contributed by atoms with Gasteiger partial charge in [-0.15, -0.1) is 0 Å². The number of hydrogen-bond acceptors (Lipinski definition) is 5. The molecule has 1 aromatic carbocycles. The smallest absolute Gasteiger partial charge is 0.326 e. The fraction of sp³-hybridized carbons (Fsp3) is 0.294. The van der Waals surface area contributed by atoms with E-state index in [1.807, 2.05) is 30.3 Å². The summed E-state index contributed by atoms with van der Waals surface area (Å²) in [7, 11) is 0. The maximum absolute atomic E-state index is 12.5. The van der Waals surface area contributed by atoms with Crippen LogP contribution in [0, 0.1) is 0 Å². The lowest BCUT2D eigenvalue weighted by Gasteiger charge is -2.32. The van der Waals surface area contributed by atoms with Gasteiger partial charge < -0.3 is 15.3 Å². The minimum atomic E-state index is -0.966. The van der Waals surface area contributed by atoms with E-state index in [9.17, 15) is 14.7 Å². The molecule has 1 fully saturated rings. The second-order valence-corrected chi connectivity index (χ2v) is 5.63. The molecule has 2 aromatic rings. The van der Waals surface area contributed by atoms with Crippen molar-refractivity contribution in [1.29, 1.82) is 0 Å². The van der Waals surface area contributed by atoms with Gasteiger partial charge in [0, 0.05) is 24.6 Å². The largest absolute Gasteiger partial charge is 0.480 e. The summed E-state index contributed by atoms with van der Waals surface area (Å²) in [6, 6.07) is 8.69. The summed E-state index contributed by atoms with van der Waals surface area (Å²) < 4.78 is 0. The maximum Gasteiger partial charge on any atom is 0.326 e. The third-order valence-corrected chi connectivity index (χ3v) is 3.98. The van der Waals surface area contributed by atoms with Crippen LogP contribution in [0.5, 0.6) is 0 Å². The fourth-order valence-electron chi connectivity index (χ4n) is 2.75. The van der Waals surface area contributed by atoms with Crippen LogP contribution in [0.1, 0.15) is 29.6 Å². The molecule has 24 heavy (non-hydrogen) atoms. The van der Waals surface area contributed by atoms with E-state index in [0.717, 1.165) is 18.5 Å². The highest BCUT2D eigenvalue weighted by atomic mass is 16.4. The monoisotopic (exact) mass is 326 g/mol. The quantitative estimate of drug-likeness (QED) is 0.895. The predicted molar refractivity (Wildman–Crippen MR) is 88.1 cm³/mol. The number of carboxylic acids is 1. The SMILES string of the molecule is O=C(O)C1CCCCN1C(=O)c1cnc(Nc2ccccc2)nc1. The number of rotatable bonds is 4. The first kappa shape index (κ1) is 15.9. The normalized spacial score (nSPS) is 17.3. The molecule has 0 spiro atoms. The summed E-state index contributed by atoms with van der Waals surface area (Å²) in [6.45, 7) is 0.444. The second-order valence-electron chi connectivity index (χ2n) is 5.63. The molecule has 1 atom stereocenters. The molecule has 124 valence electrons. The molecule has 0 saturated carbocycles. The van der Waals surface area contributed by atoms with Crippen molar-refractivity contribution in [3.8, 4) is 0 Å². The molecule has 7 heteroatoms. The Morgan fingerprint density at radius 3 is 2.50 bits per heavy atom. The van der Waals surface area contributed by atoms with Gasteiger partial charge in [-0.3, -0.25) is 4.79 Å². The number of likely N-dealkylation sites (tertiary alicyclic amines) is 1. The van der Waals surface area contributed by atoms with E-state index in [4.69, 9.17) is 0 Å². The van der Waals surface area contributed by atoms with Crippen LogP contribution in [0.25, 0.3) is 0 Å². The molecule has 2 heterocycles. The van der Waals surface area contributed by atoms with Gasteiger partial charge >= 0.3 is 5.97 Å². The fourth-order valence-corrected chi connectivity index (χ4v) is 2.75. The van der Waals surface area contributed by atoms with E-state index in [1.165, 1.54) is 17.3 Å². The average molecular weight is 326 g/mol. The number of benzene rings is 1. The predicted octanol–water partition coefficient (Wildman–Crippen LogP) is 2.30. The number of carboxylic acid groups (broad SMARTS) is 1. The molecular weight excluding hydrogens is 308 g/mol. The van der Waals surface area contributed by atoms with E-state index in [2.05, 4.69) is 15.3 Å². The van der Waals surface area contributed by atoms with Gasteiger partial charge in [0.2, 0.25) is 5.95 Å². The van der Waals surface area contributed by atoms with Crippen LogP contribution in [0.3, 0.4) is 0 Å². The van der Waals surface area contributed by atoms with Crippen LogP contribution in [0.15, 0.2) is 42.7 Å². The Balaban J connectivity index is 1.72. The zero-order chi connectivity index (χ0) is 16.9. The second kappa shape index (κ2) is 7.08. The molecule has 2 N–H and O–H groups in total. The van der Waals surface area contributed by atoms with Gasteiger partial charge in [-0.2, -0.15) is 0 Å². The first-order chi connectivity index (χ1) is 11.6. The van der Waals surface area contributed by atoms with Crippen molar-refractivity contribution in [3.05, 3.63) is 48.3 Å². The van der Waals surface area contributed by atoms with Crippen LogP contribution >= 0.6 is 0 Å². The Bertz CT molecular complexity index is 718. The first-order valence-electron chi connectivity index (χ1n) is 7.83. The lowest BCUT2D eigenvalue weighted by molar-refractivity contribution is -0.143. The molecule has 1 saturated heterocycles. The Labute approximate surface area is 139 Å². The minimum absolute atomic E-state index is 0.293. The molecule has 0 bridgehead atoms. The van der Waals surface area contributed by atoms with E-state index >= 15 is 0 Å². The molecule has 1 aromatic heterocycles. The zero-order valence-electron chi connectivity index (χ0n) is 13.1. The number of nitrogens with one attached hydrogen (secondary N) is 1. The summed E-state index contributed by atoms with van der Waals surface area (Å²) in [5, 5.41) is 12.3. The number of nitrogens with zero attached hydrogens (tertiary/aromatic N) is 3. The Morgan fingerprint density at radius 2 is 1.83 bits per heavy atom. The molecular formula is C17H18N4O3. The maximum atomic E-state index is 12.5. The summed E-state index contributed by atoms with van der Waals surface area (Å²) >= 11 is 0. The molecule has 1 aliphatic heterocycles. The van der Waals surface area contributed by atoms with Crippen molar-refractivity contribution in [1.82, 2.24) is 14.9 Å². The number of amides is 1. The third kappa shape index (κ3) is 3.51. The van der Waals surface area contributed by atoms with Crippen LogP contribution in [-0.4, -0.2) is 44.4 Å². The van der Waals surface area contributed by atoms with Crippen molar-refractivity contribution in [3.63, 3.8) is 0 Å². The van der Waals surface area contributed by atoms with Crippen LogP contribution in [0.4, 0.5) is 11.6 Å². The van der Waals surface area contributed by atoms with E-state index < -0.39 is 12.0 Å². The van der Waals surface area contributed by atoms with Crippen molar-refractivity contribution in [2.24, 2.45) is 0 Å². The van der Waals surface area contributed by atoms with Crippen LogP contribution in [-0.2, 0) is 4.79 Å². The number of aromatic nitrogens is 2. The number of piperidine rings is 1. The molecule has 1 amide bonds. The van der Waals surface area contributed by atoms with Gasteiger partial charge in [-0.05, 0) is 31.4 Å². The van der Waals surface area contributed by atoms with E-state index in [-0.39, 0.29) is 5.91 Å². The topological polar surface area (TPSA) is 95.4 Å². The van der Waals surface area contributed by atoms with Gasteiger partial charge in [0.1, 0.15) is 6.04 Å². The highest BCUT2D eigenvalue weighted by Crippen LogP contribution is 2.20. The highest BCUT2D eigenvalue weighted by molar-refractivity contribution is 5.96. The number of carbonyl (C=O) groups is 2. The molecule has 1 aliphatic rings. The average Bonchev–Trinajstić information content (AvgIpc) is 2.62. The van der Waals surface area contributed by atoms with E-state index in [1.54, 1.807) is 0 Å².